The van der Waals surface area contributed by atoms with Crippen molar-refractivity contribution in [3.63, 3.8) is 0 Å². The fraction of sp³-hybridized carbons (Fsp3) is 0.381. The van der Waals surface area contributed by atoms with Crippen molar-refractivity contribution >= 4 is 27.3 Å². The average molecular weight is 464 g/mol. The summed E-state index contributed by atoms with van der Waals surface area (Å²) in [7, 11) is -2.74. The molecule has 3 rings (SSSR count). The maximum atomic E-state index is 12.8. The maximum Gasteiger partial charge on any atom is 0.271 e. The largest absolute Gasteiger partial charge is 0.495 e. The van der Waals surface area contributed by atoms with Crippen molar-refractivity contribution in [3.8, 4) is 5.75 Å². The van der Waals surface area contributed by atoms with Crippen LogP contribution in [0.2, 0.25) is 0 Å². The fourth-order valence-electron chi connectivity index (χ4n) is 3.44. The number of nitro benzene ring substituents is 1. The van der Waals surface area contributed by atoms with Crippen LogP contribution in [0, 0.1) is 10.1 Å². The Bertz CT molecular complexity index is 1080. The van der Waals surface area contributed by atoms with Gasteiger partial charge < -0.3 is 14.4 Å². The molecule has 0 spiro atoms. The Labute approximate surface area is 186 Å². The molecule has 1 amide bonds. The number of sulfonamides is 1. The minimum absolute atomic E-state index is 0.0210. The zero-order valence-electron chi connectivity index (χ0n) is 17.8. The van der Waals surface area contributed by atoms with Crippen LogP contribution in [-0.4, -0.2) is 57.1 Å². The van der Waals surface area contributed by atoms with Crippen molar-refractivity contribution in [2.45, 2.75) is 30.8 Å². The molecule has 1 atom stereocenters. The van der Waals surface area contributed by atoms with Gasteiger partial charge in [0.15, 0.2) is 0 Å². The molecule has 1 saturated heterocycles. The van der Waals surface area contributed by atoms with Crippen molar-refractivity contribution in [1.82, 2.24) is 4.90 Å². The van der Waals surface area contributed by atoms with E-state index in [9.17, 15) is 23.3 Å². The van der Waals surface area contributed by atoms with Crippen LogP contribution >= 0.6 is 0 Å². The molecule has 2 aromatic carbocycles. The van der Waals surface area contributed by atoms with E-state index >= 15 is 0 Å². The molecule has 0 radical (unpaired) electrons. The number of non-ortho nitro benzene ring substituents is 1. The molecule has 1 N–H and O–H groups in total. The third kappa shape index (κ3) is 5.35. The van der Waals surface area contributed by atoms with Crippen LogP contribution in [0.3, 0.4) is 0 Å². The summed E-state index contributed by atoms with van der Waals surface area (Å²) in [6.45, 7) is 3.57. The number of anilines is 1. The van der Waals surface area contributed by atoms with Crippen molar-refractivity contribution < 1.29 is 27.6 Å². The molecule has 1 heterocycles. The summed E-state index contributed by atoms with van der Waals surface area (Å²) < 4.78 is 38.6. The van der Waals surface area contributed by atoms with Gasteiger partial charge in [-0.1, -0.05) is 0 Å². The molecule has 2 aromatic rings. The van der Waals surface area contributed by atoms with Gasteiger partial charge in [0.25, 0.3) is 21.6 Å². The summed E-state index contributed by atoms with van der Waals surface area (Å²) >= 11 is 0. The standard InChI is InChI=1S/C21H25N3O7S/c1-3-23(14-17-5-4-12-31-17)21(25)15-6-9-18(10-7-15)32(28,29)22-19-13-16(24(26)27)8-11-20(19)30-2/h6-11,13,17,22H,3-5,12,14H2,1-2H3. The number of benzene rings is 2. The highest BCUT2D eigenvalue weighted by Crippen LogP contribution is 2.31. The van der Waals surface area contributed by atoms with E-state index in [4.69, 9.17) is 9.47 Å². The monoisotopic (exact) mass is 463 g/mol. The number of rotatable bonds is 9. The predicted octanol–water partition coefficient (Wildman–Crippen LogP) is 3.05. The van der Waals surface area contributed by atoms with E-state index in [0.717, 1.165) is 18.9 Å². The van der Waals surface area contributed by atoms with Crippen molar-refractivity contribution in [2.75, 3.05) is 31.5 Å². The number of methoxy groups -OCH3 is 1. The van der Waals surface area contributed by atoms with E-state index in [1.165, 1.54) is 43.5 Å². The highest BCUT2D eigenvalue weighted by Gasteiger charge is 2.24. The minimum atomic E-state index is -4.07. The molecule has 1 fully saturated rings. The molecule has 1 unspecified atom stereocenters. The average Bonchev–Trinajstić information content (AvgIpc) is 3.30. The lowest BCUT2D eigenvalue weighted by atomic mass is 10.1. The first-order valence-electron chi connectivity index (χ1n) is 10.1. The number of likely N-dealkylation sites (N-methyl/N-ethyl adjacent to an activating group) is 1. The molecule has 1 aliphatic rings. The molecular weight excluding hydrogens is 438 g/mol. The summed E-state index contributed by atoms with van der Waals surface area (Å²) in [5, 5.41) is 11.0. The van der Waals surface area contributed by atoms with Crippen LogP contribution in [0.5, 0.6) is 5.75 Å². The lowest BCUT2D eigenvalue weighted by Crippen LogP contribution is -2.37. The first-order chi connectivity index (χ1) is 15.2. The Morgan fingerprint density at radius 1 is 1.28 bits per heavy atom. The summed E-state index contributed by atoms with van der Waals surface area (Å²) in [6, 6.07) is 9.13. The summed E-state index contributed by atoms with van der Waals surface area (Å²) in [5.41, 5.74) is 0.0163. The van der Waals surface area contributed by atoms with Crippen LogP contribution in [-0.2, 0) is 14.8 Å². The number of hydrogen-bond acceptors (Lipinski definition) is 7. The maximum absolute atomic E-state index is 12.8. The van der Waals surface area contributed by atoms with Crippen molar-refractivity contribution in [1.29, 1.82) is 0 Å². The lowest BCUT2D eigenvalue weighted by Gasteiger charge is -2.24. The van der Waals surface area contributed by atoms with Gasteiger partial charge in [0.2, 0.25) is 0 Å². The molecule has 11 heteroatoms. The normalized spacial score (nSPS) is 15.9. The molecular formula is C21H25N3O7S. The van der Waals surface area contributed by atoms with Gasteiger partial charge in [0.05, 0.1) is 28.7 Å². The Morgan fingerprint density at radius 3 is 2.56 bits per heavy atom. The van der Waals surface area contributed by atoms with Gasteiger partial charge in [-0.2, -0.15) is 0 Å². The SMILES string of the molecule is CCN(CC1CCCO1)C(=O)c1ccc(S(=O)(=O)Nc2cc([N+](=O)[O-])ccc2OC)cc1. The second-order valence-corrected chi connectivity index (χ2v) is 8.93. The number of amides is 1. The van der Waals surface area contributed by atoms with Crippen LogP contribution in [0.25, 0.3) is 0 Å². The van der Waals surface area contributed by atoms with E-state index in [1.54, 1.807) is 4.90 Å². The molecule has 32 heavy (non-hydrogen) atoms. The second kappa shape index (κ2) is 9.96. The van der Waals surface area contributed by atoms with E-state index in [-0.39, 0.29) is 34.0 Å². The van der Waals surface area contributed by atoms with Gasteiger partial charge in [-0.05, 0) is 50.1 Å². The molecule has 172 valence electrons. The second-order valence-electron chi connectivity index (χ2n) is 7.25. The Balaban J connectivity index is 1.78. The van der Waals surface area contributed by atoms with Gasteiger partial charge in [-0.25, -0.2) is 8.42 Å². The van der Waals surface area contributed by atoms with Crippen LogP contribution in [0.1, 0.15) is 30.1 Å². The smallest absolute Gasteiger partial charge is 0.271 e. The molecule has 10 nitrogen and oxygen atoms in total. The van der Waals surface area contributed by atoms with Gasteiger partial charge in [-0.3, -0.25) is 19.6 Å². The molecule has 0 bridgehead atoms. The number of hydrogen-bond donors (Lipinski definition) is 1. The van der Waals surface area contributed by atoms with Crippen LogP contribution in [0.15, 0.2) is 47.4 Å². The van der Waals surface area contributed by atoms with Crippen molar-refractivity contribution in [3.05, 3.63) is 58.1 Å². The first-order valence-corrected chi connectivity index (χ1v) is 11.6. The number of nitrogens with zero attached hydrogens (tertiary/aromatic N) is 2. The third-order valence-corrected chi connectivity index (χ3v) is 6.55. The Morgan fingerprint density at radius 2 is 2.00 bits per heavy atom. The fourth-order valence-corrected chi connectivity index (χ4v) is 4.50. The highest BCUT2D eigenvalue weighted by molar-refractivity contribution is 7.92. The van der Waals surface area contributed by atoms with E-state index in [1.807, 2.05) is 6.92 Å². The summed E-state index contributed by atoms with van der Waals surface area (Å²) in [5.74, 6) is -0.0704. The van der Waals surface area contributed by atoms with Gasteiger partial charge in [-0.15, -0.1) is 0 Å². The summed E-state index contributed by atoms with van der Waals surface area (Å²) in [4.78, 5) is 24.8. The highest BCUT2D eigenvalue weighted by atomic mass is 32.2. The number of nitro groups is 1. The molecule has 0 saturated carbocycles. The van der Waals surface area contributed by atoms with E-state index < -0.39 is 14.9 Å². The number of ether oxygens (including phenoxy) is 2. The lowest BCUT2D eigenvalue weighted by molar-refractivity contribution is -0.384. The van der Waals surface area contributed by atoms with E-state index in [2.05, 4.69) is 4.72 Å². The van der Waals surface area contributed by atoms with Gasteiger partial charge >= 0.3 is 0 Å². The third-order valence-electron chi connectivity index (χ3n) is 5.17. The molecule has 1 aliphatic heterocycles. The van der Waals surface area contributed by atoms with Gasteiger partial charge in [0.1, 0.15) is 5.75 Å². The van der Waals surface area contributed by atoms with Crippen LogP contribution < -0.4 is 9.46 Å². The first kappa shape index (κ1) is 23.5. The number of carbonyl (C=O) groups excluding carboxylic acids is 1. The Hall–Kier alpha value is -3.18. The van der Waals surface area contributed by atoms with Crippen molar-refractivity contribution in [2.24, 2.45) is 0 Å². The zero-order valence-corrected chi connectivity index (χ0v) is 18.6. The quantitative estimate of drug-likeness (QED) is 0.447. The molecule has 0 aromatic heterocycles. The topological polar surface area (TPSA) is 128 Å². The number of carbonyl (C=O) groups is 1. The predicted molar refractivity (Wildman–Crippen MR) is 117 cm³/mol. The molecule has 0 aliphatic carbocycles. The number of nitrogens with one attached hydrogen (secondary N) is 1. The summed E-state index contributed by atoms with van der Waals surface area (Å²) in [6.07, 6.45) is 1.91. The van der Waals surface area contributed by atoms with E-state index in [0.29, 0.717) is 25.3 Å². The Kier molecular flexibility index (Phi) is 7.31. The van der Waals surface area contributed by atoms with Gasteiger partial charge in [0, 0.05) is 37.4 Å². The zero-order chi connectivity index (χ0) is 23.3. The minimum Gasteiger partial charge on any atom is -0.495 e. The van der Waals surface area contributed by atoms with Crippen LogP contribution in [0.4, 0.5) is 11.4 Å².